The van der Waals surface area contributed by atoms with E-state index >= 15 is 0 Å². The number of methoxy groups -OCH3 is 2. The van der Waals surface area contributed by atoms with Crippen LogP contribution >= 0.6 is 0 Å². The lowest BCUT2D eigenvalue weighted by Gasteiger charge is -2.29. The van der Waals surface area contributed by atoms with Crippen molar-refractivity contribution >= 4 is 10.9 Å². The molecule has 124 valence electrons. The molecule has 2 atom stereocenters. The van der Waals surface area contributed by atoms with Gasteiger partial charge in [0, 0.05) is 6.07 Å². The molecule has 6 nitrogen and oxygen atoms in total. The minimum atomic E-state index is -0.130. The number of H-pyrrole nitrogens is 1. The largest absolute Gasteiger partial charge is 0.493 e. The van der Waals surface area contributed by atoms with Crippen molar-refractivity contribution in [2.24, 2.45) is 0 Å². The molecule has 1 saturated heterocycles. The number of ether oxygens (including phenoxy) is 2. The van der Waals surface area contributed by atoms with Crippen LogP contribution in [0.4, 0.5) is 0 Å². The smallest absolute Gasteiger partial charge is 0.259 e. The molecule has 0 spiro atoms. The first kappa shape index (κ1) is 15.8. The molecule has 1 aromatic heterocycles. The van der Waals surface area contributed by atoms with Crippen LogP contribution in [0, 0.1) is 0 Å². The molecule has 6 heteroatoms. The Kier molecular flexibility index (Phi) is 4.52. The van der Waals surface area contributed by atoms with Gasteiger partial charge in [-0.25, -0.2) is 4.98 Å². The van der Waals surface area contributed by atoms with Crippen LogP contribution < -0.4 is 19.9 Å². The molecule has 0 aliphatic carbocycles. The number of aromatic nitrogens is 2. The van der Waals surface area contributed by atoms with Crippen molar-refractivity contribution < 1.29 is 14.4 Å². The van der Waals surface area contributed by atoms with E-state index in [0.717, 1.165) is 18.9 Å². The fourth-order valence-corrected chi connectivity index (χ4v) is 3.33. The summed E-state index contributed by atoms with van der Waals surface area (Å²) in [5.74, 6) is 1.86. The molecule has 0 bridgehead atoms. The second-order valence-electron chi connectivity index (χ2n) is 6.22. The van der Waals surface area contributed by atoms with Gasteiger partial charge in [0.25, 0.3) is 5.56 Å². The lowest BCUT2D eigenvalue weighted by atomic mass is 10.0. The zero-order valence-electron chi connectivity index (χ0n) is 13.9. The highest BCUT2D eigenvalue weighted by molar-refractivity contribution is 5.81. The van der Waals surface area contributed by atoms with Gasteiger partial charge in [0.15, 0.2) is 17.3 Å². The van der Waals surface area contributed by atoms with Gasteiger partial charge in [0.1, 0.15) is 6.54 Å². The number of nitrogens with zero attached hydrogens (tertiary/aromatic N) is 1. The van der Waals surface area contributed by atoms with E-state index in [0.29, 0.717) is 28.4 Å². The number of hydrogen-bond donors (Lipinski definition) is 2. The van der Waals surface area contributed by atoms with E-state index in [1.54, 1.807) is 26.4 Å². The molecule has 1 fully saturated rings. The lowest BCUT2D eigenvalue weighted by Crippen LogP contribution is -3.15. The van der Waals surface area contributed by atoms with Gasteiger partial charge >= 0.3 is 0 Å². The topological polar surface area (TPSA) is 68.7 Å². The van der Waals surface area contributed by atoms with E-state index in [2.05, 4.69) is 16.9 Å². The van der Waals surface area contributed by atoms with Crippen LogP contribution in [0.5, 0.6) is 11.5 Å². The van der Waals surface area contributed by atoms with Crippen molar-refractivity contribution in [3.63, 3.8) is 0 Å². The van der Waals surface area contributed by atoms with Gasteiger partial charge in [-0.05, 0) is 32.3 Å². The zero-order valence-corrected chi connectivity index (χ0v) is 13.9. The fourth-order valence-electron chi connectivity index (χ4n) is 3.33. The van der Waals surface area contributed by atoms with E-state index < -0.39 is 0 Å². The van der Waals surface area contributed by atoms with Crippen LogP contribution in [0.3, 0.4) is 0 Å². The van der Waals surface area contributed by atoms with E-state index in [1.165, 1.54) is 24.2 Å². The second kappa shape index (κ2) is 6.58. The van der Waals surface area contributed by atoms with Crippen molar-refractivity contribution in [3.8, 4) is 11.5 Å². The number of quaternary nitrogens is 1. The molecule has 0 radical (unpaired) electrons. The SMILES string of the molecule is COc1cc2nc(C[NH+]3CCCC[C@H]3C)[nH]c(=O)c2cc1OC. The number of aromatic amines is 1. The Labute approximate surface area is 135 Å². The minimum absolute atomic E-state index is 0.130. The fraction of sp³-hybridized carbons (Fsp3) is 0.529. The Morgan fingerprint density at radius 1 is 1.26 bits per heavy atom. The molecule has 0 amide bonds. The normalized spacial score (nSPS) is 21.3. The quantitative estimate of drug-likeness (QED) is 0.879. The van der Waals surface area contributed by atoms with E-state index in [1.807, 2.05) is 0 Å². The van der Waals surface area contributed by atoms with Crippen molar-refractivity contribution in [3.05, 3.63) is 28.3 Å². The summed E-state index contributed by atoms with van der Waals surface area (Å²) in [5.41, 5.74) is 0.514. The average Bonchev–Trinajstić information content (AvgIpc) is 2.56. The van der Waals surface area contributed by atoms with Crippen LogP contribution in [0.2, 0.25) is 0 Å². The summed E-state index contributed by atoms with van der Waals surface area (Å²) in [7, 11) is 3.14. The zero-order chi connectivity index (χ0) is 16.4. The third-order valence-electron chi connectivity index (χ3n) is 4.74. The monoisotopic (exact) mass is 318 g/mol. The molecule has 2 aromatic rings. The molecule has 1 aliphatic heterocycles. The van der Waals surface area contributed by atoms with E-state index in [-0.39, 0.29) is 5.56 Å². The first-order chi connectivity index (χ1) is 11.1. The number of rotatable bonds is 4. The third-order valence-corrected chi connectivity index (χ3v) is 4.74. The number of nitrogens with one attached hydrogen (secondary N) is 2. The number of hydrogen-bond acceptors (Lipinski definition) is 4. The maximum atomic E-state index is 12.4. The number of benzene rings is 1. The first-order valence-corrected chi connectivity index (χ1v) is 8.12. The highest BCUT2D eigenvalue weighted by atomic mass is 16.5. The lowest BCUT2D eigenvalue weighted by molar-refractivity contribution is -0.942. The maximum Gasteiger partial charge on any atom is 0.259 e. The number of piperidine rings is 1. The van der Waals surface area contributed by atoms with E-state index in [9.17, 15) is 4.79 Å². The molecule has 0 saturated carbocycles. The highest BCUT2D eigenvalue weighted by Crippen LogP contribution is 2.29. The predicted molar refractivity (Wildman–Crippen MR) is 88.3 cm³/mol. The van der Waals surface area contributed by atoms with Crippen LogP contribution in [0.1, 0.15) is 32.0 Å². The van der Waals surface area contributed by atoms with Gasteiger partial charge < -0.3 is 19.4 Å². The van der Waals surface area contributed by atoms with Crippen LogP contribution in [0.15, 0.2) is 16.9 Å². The summed E-state index contributed by atoms with van der Waals surface area (Å²) < 4.78 is 10.6. The van der Waals surface area contributed by atoms with Crippen LogP contribution in [-0.4, -0.2) is 36.8 Å². The van der Waals surface area contributed by atoms with Gasteiger partial charge in [-0.15, -0.1) is 0 Å². The minimum Gasteiger partial charge on any atom is -0.493 e. The summed E-state index contributed by atoms with van der Waals surface area (Å²) in [6, 6.07) is 4.05. The molecule has 1 aliphatic rings. The van der Waals surface area contributed by atoms with Crippen molar-refractivity contribution in [1.82, 2.24) is 9.97 Å². The van der Waals surface area contributed by atoms with Crippen LogP contribution in [0.25, 0.3) is 10.9 Å². The van der Waals surface area contributed by atoms with Gasteiger partial charge in [0.2, 0.25) is 0 Å². The Morgan fingerprint density at radius 3 is 2.70 bits per heavy atom. The summed E-state index contributed by atoms with van der Waals surface area (Å²) in [4.78, 5) is 21.4. The molecular formula is C17H24N3O3+. The summed E-state index contributed by atoms with van der Waals surface area (Å²) in [6.07, 6.45) is 3.77. The molecule has 23 heavy (non-hydrogen) atoms. The third kappa shape index (κ3) is 3.17. The Balaban J connectivity index is 1.98. The first-order valence-electron chi connectivity index (χ1n) is 8.12. The molecule has 3 rings (SSSR count). The summed E-state index contributed by atoms with van der Waals surface area (Å²) in [6.45, 7) is 4.15. The van der Waals surface area contributed by atoms with Gasteiger partial charge in [-0.1, -0.05) is 0 Å². The summed E-state index contributed by atoms with van der Waals surface area (Å²) >= 11 is 0. The molecular weight excluding hydrogens is 294 g/mol. The average molecular weight is 318 g/mol. The Morgan fingerprint density at radius 2 is 2.00 bits per heavy atom. The predicted octanol–water partition coefficient (Wildman–Crippen LogP) is 0.898. The van der Waals surface area contributed by atoms with Crippen molar-refractivity contribution in [2.45, 2.75) is 38.8 Å². The van der Waals surface area contributed by atoms with E-state index in [4.69, 9.17) is 9.47 Å². The number of likely N-dealkylation sites (tertiary alicyclic amines) is 1. The molecule has 1 aromatic carbocycles. The maximum absolute atomic E-state index is 12.4. The molecule has 2 heterocycles. The van der Waals surface area contributed by atoms with Crippen molar-refractivity contribution in [1.29, 1.82) is 0 Å². The summed E-state index contributed by atoms with van der Waals surface area (Å²) in [5, 5.41) is 0.521. The van der Waals surface area contributed by atoms with Crippen LogP contribution in [-0.2, 0) is 6.54 Å². The van der Waals surface area contributed by atoms with Gasteiger partial charge in [-0.3, -0.25) is 4.79 Å². The standard InChI is InChI=1S/C17H23N3O3/c1-11-6-4-5-7-20(11)10-16-18-13-9-15(23-3)14(22-2)8-12(13)17(21)19-16/h8-9,11H,4-7,10H2,1-3H3,(H,18,19,21)/p+1/t11-/m1/s1. The van der Waals surface area contributed by atoms with Gasteiger partial charge in [0.05, 0.1) is 37.7 Å². The Bertz CT molecular complexity index is 757. The van der Waals surface area contributed by atoms with Crippen molar-refractivity contribution in [2.75, 3.05) is 20.8 Å². The Hall–Kier alpha value is -2.08. The molecule has 2 N–H and O–H groups in total. The second-order valence-corrected chi connectivity index (χ2v) is 6.22. The van der Waals surface area contributed by atoms with Gasteiger partial charge in [-0.2, -0.15) is 0 Å². The molecule has 1 unspecified atom stereocenters. The number of fused-ring (bicyclic) bond motifs is 1. The highest BCUT2D eigenvalue weighted by Gasteiger charge is 2.23.